The SMILES string of the molecule is CCCCCCCCC1(CCCCC)CCCCCCC1(C/C=C/C(=O)O)C/C=C/C(=O)O. The van der Waals surface area contributed by atoms with Crippen LogP contribution in [0.25, 0.3) is 0 Å². The van der Waals surface area contributed by atoms with E-state index in [1.54, 1.807) is 0 Å². The van der Waals surface area contributed by atoms with Gasteiger partial charge in [0.15, 0.2) is 0 Å². The van der Waals surface area contributed by atoms with Gasteiger partial charge in [0.05, 0.1) is 0 Å². The van der Waals surface area contributed by atoms with Crippen molar-refractivity contribution in [2.45, 2.75) is 136 Å². The lowest BCUT2D eigenvalue weighted by molar-refractivity contribution is -0.132. The Kier molecular flexibility index (Phi) is 15.1. The fraction of sp³-hybridized carbons (Fsp3) is 0.793. The Morgan fingerprint density at radius 2 is 1.06 bits per heavy atom. The van der Waals surface area contributed by atoms with Gasteiger partial charge < -0.3 is 10.2 Å². The third kappa shape index (κ3) is 10.9. The third-order valence-electron chi connectivity index (χ3n) is 7.99. The highest BCUT2D eigenvalue weighted by molar-refractivity contribution is 5.80. The molecule has 0 saturated heterocycles. The first-order valence-electron chi connectivity index (χ1n) is 13.7. The molecule has 1 aliphatic rings. The molecule has 1 rings (SSSR count). The molecule has 0 amide bonds. The maximum Gasteiger partial charge on any atom is 0.327 e. The van der Waals surface area contributed by atoms with Gasteiger partial charge in [-0.3, -0.25) is 0 Å². The molecule has 0 spiro atoms. The van der Waals surface area contributed by atoms with Crippen molar-refractivity contribution in [1.82, 2.24) is 0 Å². The lowest BCUT2D eigenvalue weighted by atomic mass is 9.51. The highest BCUT2D eigenvalue weighted by Gasteiger charge is 2.48. The third-order valence-corrected chi connectivity index (χ3v) is 7.99. The van der Waals surface area contributed by atoms with Crippen LogP contribution < -0.4 is 0 Å². The topological polar surface area (TPSA) is 74.6 Å². The van der Waals surface area contributed by atoms with Crippen LogP contribution >= 0.6 is 0 Å². The second-order valence-corrected chi connectivity index (χ2v) is 10.3. The number of unbranched alkanes of at least 4 members (excludes halogenated alkanes) is 7. The van der Waals surface area contributed by atoms with Gasteiger partial charge in [0.1, 0.15) is 0 Å². The van der Waals surface area contributed by atoms with E-state index in [1.165, 1.54) is 108 Å². The van der Waals surface area contributed by atoms with E-state index in [9.17, 15) is 19.8 Å². The first-order valence-corrected chi connectivity index (χ1v) is 13.7. The van der Waals surface area contributed by atoms with Crippen molar-refractivity contribution in [3.05, 3.63) is 24.3 Å². The summed E-state index contributed by atoms with van der Waals surface area (Å²) in [6, 6.07) is 0. The van der Waals surface area contributed by atoms with Crippen molar-refractivity contribution in [3.8, 4) is 0 Å². The number of hydrogen-bond acceptors (Lipinski definition) is 2. The predicted octanol–water partition coefficient (Wildman–Crippen LogP) is 8.71. The first-order chi connectivity index (χ1) is 15.9. The van der Waals surface area contributed by atoms with E-state index in [-0.39, 0.29) is 10.8 Å². The molecule has 0 radical (unpaired) electrons. The Labute approximate surface area is 202 Å². The summed E-state index contributed by atoms with van der Waals surface area (Å²) in [6.07, 6.45) is 28.5. The Balaban J connectivity index is 3.29. The number of rotatable bonds is 17. The van der Waals surface area contributed by atoms with Crippen LogP contribution in [0.15, 0.2) is 24.3 Å². The zero-order chi connectivity index (χ0) is 24.4. The molecule has 0 aliphatic heterocycles. The summed E-state index contributed by atoms with van der Waals surface area (Å²) in [5.41, 5.74) is 0.0848. The monoisotopic (exact) mass is 462 g/mol. The van der Waals surface area contributed by atoms with Gasteiger partial charge >= 0.3 is 11.9 Å². The zero-order valence-corrected chi connectivity index (χ0v) is 21.5. The lowest BCUT2D eigenvalue weighted by Crippen LogP contribution is -2.43. The number of allylic oxidation sites excluding steroid dienone is 2. The van der Waals surface area contributed by atoms with Crippen LogP contribution in [0.3, 0.4) is 0 Å². The van der Waals surface area contributed by atoms with Crippen LogP contribution in [0.2, 0.25) is 0 Å². The molecule has 1 fully saturated rings. The van der Waals surface area contributed by atoms with Gasteiger partial charge in [-0.2, -0.15) is 0 Å². The molecule has 1 aliphatic carbocycles. The number of carboxylic acid groups (broad SMARTS) is 2. The van der Waals surface area contributed by atoms with Crippen molar-refractivity contribution in [3.63, 3.8) is 0 Å². The average Bonchev–Trinajstić information content (AvgIpc) is 2.75. The van der Waals surface area contributed by atoms with Gasteiger partial charge in [0.25, 0.3) is 0 Å². The Morgan fingerprint density at radius 3 is 1.58 bits per heavy atom. The van der Waals surface area contributed by atoms with E-state index in [0.717, 1.165) is 25.7 Å². The van der Waals surface area contributed by atoms with E-state index in [1.807, 2.05) is 12.2 Å². The molecule has 190 valence electrons. The van der Waals surface area contributed by atoms with Crippen LogP contribution in [0, 0.1) is 10.8 Å². The molecule has 0 aromatic heterocycles. The van der Waals surface area contributed by atoms with Crippen molar-refractivity contribution < 1.29 is 19.8 Å². The molecule has 1 unspecified atom stereocenters. The minimum Gasteiger partial charge on any atom is -0.478 e. The Hall–Kier alpha value is -1.58. The minimum atomic E-state index is -0.899. The lowest BCUT2D eigenvalue weighted by Gasteiger charge is -2.53. The smallest absolute Gasteiger partial charge is 0.327 e. The molecule has 1 atom stereocenters. The van der Waals surface area contributed by atoms with Crippen LogP contribution in [-0.4, -0.2) is 22.2 Å². The molecule has 0 aromatic rings. The first kappa shape index (κ1) is 29.5. The Morgan fingerprint density at radius 1 is 0.636 bits per heavy atom. The van der Waals surface area contributed by atoms with Gasteiger partial charge in [0.2, 0.25) is 0 Å². The maximum atomic E-state index is 11.3. The van der Waals surface area contributed by atoms with Gasteiger partial charge in [-0.25, -0.2) is 9.59 Å². The molecule has 0 bridgehead atoms. The maximum absolute atomic E-state index is 11.3. The van der Waals surface area contributed by atoms with Crippen molar-refractivity contribution in [1.29, 1.82) is 0 Å². The summed E-state index contributed by atoms with van der Waals surface area (Å²) in [5, 5.41) is 18.5. The summed E-state index contributed by atoms with van der Waals surface area (Å²) >= 11 is 0. The summed E-state index contributed by atoms with van der Waals surface area (Å²) in [7, 11) is 0. The number of hydrogen-bond donors (Lipinski definition) is 2. The predicted molar refractivity (Wildman–Crippen MR) is 137 cm³/mol. The van der Waals surface area contributed by atoms with Crippen LogP contribution in [0.5, 0.6) is 0 Å². The minimum absolute atomic E-state index is 0.0670. The second-order valence-electron chi connectivity index (χ2n) is 10.3. The van der Waals surface area contributed by atoms with E-state index >= 15 is 0 Å². The number of aliphatic carboxylic acids is 2. The average molecular weight is 463 g/mol. The highest BCUT2D eigenvalue weighted by atomic mass is 16.4. The van der Waals surface area contributed by atoms with Crippen molar-refractivity contribution in [2.24, 2.45) is 10.8 Å². The standard InChI is InChI=1S/C29H50O4/c1-3-5-7-8-9-13-21-28(20-12-6-4-2)22-14-10-11-15-23-29(28,24-16-18-26(30)31)25-17-19-27(32)33/h16-19H,3-15,20-25H2,1-2H3,(H,30,31)(H,32,33)/b18-16+,19-17+. The fourth-order valence-corrected chi connectivity index (χ4v) is 6.16. The van der Waals surface area contributed by atoms with Gasteiger partial charge in [0, 0.05) is 12.2 Å². The van der Waals surface area contributed by atoms with Crippen molar-refractivity contribution in [2.75, 3.05) is 0 Å². The van der Waals surface area contributed by atoms with Gasteiger partial charge in [-0.05, 0) is 49.4 Å². The van der Waals surface area contributed by atoms with Gasteiger partial charge in [-0.1, -0.05) is 109 Å². The largest absolute Gasteiger partial charge is 0.478 e. The summed E-state index contributed by atoms with van der Waals surface area (Å²) in [6.45, 7) is 4.50. The van der Waals surface area contributed by atoms with Crippen LogP contribution in [-0.2, 0) is 9.59 Å². The van der Waals surface area contributed by atoms with Crippen LogP contribution in [0.4, 0.5) is 0 Å². The molecule has 1 saturated carbocycles. The van der Waals surface area contributed by atoms with E-state index in [2.05, 4.69) is 13.8 Å². The van der Waals surface area contributed by atoms with Crippen molar-refractivity contribution >= 4 is 11.9 Å². The molecule has 0 heterocycles. The van der Waals surface area contributed by atoms with E-state index < -0.39 is 11.9 Å². The number of carbonyl (C=O) groups is 2. The van der Waals surface area contributed by atoms with E-state index in [4.69, 9.17) is 0 Å². The summed E-state index contributed by atoms with van der Waals surface area (Å²) in [4.78, 5) is 22.5. The Bertz CT molecular complexity index is 581. The molecule has 0 aromatic carbocycles. The second kappa shape index (κ2) is 16.9. The summed E-state index contributed by atoms with van der Waals surface area (Å²) in [5.74, 6) is -1.80. The normalized spacial score (nSPS) is 21.3. The zero-order valence-electron chi connectivity index (χ0n) is 21.5. The molecule has 2 N–H and O–H groups in total. The van der Waals surface area contributed by atoms with Gasteiger partial charge in [-0.15, -0.1) is 0 Å². The molecular formula is C29H50O4. The summed E-state index contributed by atoms with van der Waals surface area (Å²) < 4.78 is 0. The molecule has 4 nitrogen and oxygen atoms in total. The van der Waals surface area contributed by atoms with Crippen LogP contribution in [0.1, 0.15) is 136 Å². The number of carboxylic acids is 2. The fourth-order valence-electron chi connectivity index (χ4n) is 6.16. The van der Waals surface area contributed by atoms with E-state index in [0.29, 0.717) is 0 Å². The molecule has 33 heavy (non-hydrogen) atoms. The molecule has 4 heteroatoms. The molecular weight excluding hydrogens is 412 g/mol. The highest BCUT2D eigenvalue weighted by Crippen LogP contribution is 2.59. The quantitative estimate of drug-likeness (QED) is 0.167.